The minimum absolute atomic E-state index is 0.0172. The third-order valence-electron chi connectivity index (χ3n) is 5.21. The summed E-state index contributed by atoms with van der Waals surface area (Å²) in [5.74, 6) is -2.06. The molecule has 0 aliphatic carbocycles. The Bertz CT molecular complexity index is 1570. The highest BCUT2D eigenvalue weighted by atomic mass is 32.2. The summed E-state index contributed by atoms with van der Waals surface area (Å²) in [6.45, 7) is -1.79. The lowest BCUT2D eigenvalue weighted by molar-refractivity contribution is -0.134. The van der Waals surface area contributed by atoms with Crippen molar-refractivity contribution in [3.8, 4) is 17.1 Å². The summed E-state index contributed by atoms with van der Waals surface area (Å²) in [6.07, 6.45) is 1.02. The van der Waals surface area contributed by atoms with Gasteiger partial charge in [-0.05, 0) is 18.2 Å². The largest absolute Gasteiger partial charge is 0.467 e. The smallest absolute Gasteiger partial charge is 0.402 e. The number of ketones is 1. The van der Waals surface area contributed by atoms with Gasteiger partial charge in [-0.3, -0.25) is 9.52 Å². The number of carbonyl (C=O) groups excluding carboxylic acids is 1. The van der Waals surface area contributed by atoms with Crippen LogP contribution in [0.4, 0.5) is 23.2 Å². The minimum Gasteiger partial charge on any atom is -0.467 e. The lowest BCUT2D eigenvalue weighted by Crippen LogP contribution is -2.39. The standard InChI is InChI=1S/C22H18F4N6O4S/c1-32(11-22(24,25)26)37(34,35)31-17-5-3-4-14(18(17)23)19(33)16-10-28-20-15(16)6-12(7-27-20)13-8-29-21(36-2)30-9-13/h3-10,31H,11H2,1-2H3,(H,27,28). The maximum Gasteiger partial charge on any atom is 0.402 e. The molecule has 1 aromatic carbocycles. The zero-order valence-electron chi connectivity index (χ0n) is 19.2. The summed E-state index contributed by atoms with van der Waals surface area (Å²) in [5, 5.41) is 0.341. The number of hydrogen-bond acceptors (Lipinski definition) is 7. The number of anilines is 1. The Morgan fingerprint density at radius 3 is 2.43 bits per heavy atom. The van der Waals surface area contributed by atoms with Gasteiger partial charge in [0, 0.05) is 53.9 Å². The number of methoxy groups -OCH3 is 1. The van der Waals surface area contributed by atoms with Crippen LogP contribution >= 0.6 is 0 Å². The van der Waals surface area contributed by atoms with E-state index >= 15 is 4.39 Å². The van der Waals surface area contributed by atoms with E-state index in [-0.39, 0.29) is 15.9 Å². The van der Waals surface area contributed by atoms with E-state index in [0.717, 1.165) is 12.1 Å². The topological polar surface area (TPSA) is 130 Å². The molecule has 4 rings (SSSR count). The van der Waals surface area contributed by atoms with Gasteiger partial charge in [0.25, 0.3) is 0 Å². The van der Waals surface area contributed by atoms with E-state index in [0.29, 0.717) is 29.2 Å². The third-order valence-corrected chi connectivity index (χ3v) is 6.64. The van der Waals surface area contributed by atoms with Gasteiger partial charge in [0.2, 0.25) is 0 Å². The number of aromatic nitrogens is 4. The van der Waals surface area contributed by atoms with Crippen LogP contribution in [0.1, 0.15) is 15.9 Å². The monoisotopic (exact) mass is 538 g/mol. The molecule has 0 spiro atoms. The number of carbonyl (C=O) groups is 1. The zero-order chi connectivity index (χ0) is 27.0. The normalized spacial score (nSPS) is 12.2. The summed E-state index contributed by atoms with van der Waals surface area (Å²) < 4.78 is 84.2. The number of nitrogens with one attached hydrogen (secondary N) is 2. The van der Waals surface area contributed by atoms with E-state index in [4.69, 9.17) is 4.74 Å². The molecule has 3 aromatic heterocycles. The molecule has 0 saturated carbocycles. The Morgan fingerprint density at radius 2 is 1.78 bits per heavy atom. The molecular weight excluding hydrogens is 520 g/mol. The molecule has 0 bridgehead atoms. The van der Waals surface area contributed by atoms with Crippen molar-refractivity contribution in [1.29, 1.82) is 0 Å². The predicted molar refractivity (Wildman–Crippen MR) is 125 cm³/mol. The van der Waals surface area contributed by atoms with Gasteiger partial charge in [-0.25, -0.2) is 19.3 Å². The van der Waals surface area contributed by atoms with Crippen LogP contribution in [0.25, 0.3) is 22.2 Å². The van der Waals surface area contributed by atoms with Crippen LogP contribution in [0, 0.1) is 5.82 Å². The first kappa shape index (κ1) is 26.0. The third kappa shape index (κ3) is 5.51. The Balaban J connectivity index is 1.67. The number of halogens is 4. The highest BCUT2D eigenvalue weighted by Gasteiger charge is 2.34. The Labute approximate surface area is 207 Å². The minimum atomic E-state index is -4.81. The summed E-state index contributed by atoms with van der Waals surface area (Å²) in [5.41, 5.74) is 0.296. The van der Waals surface area contributed by atoms with Gasteiger partial charge >= 0.3 is 22.4 Å². The van der Waals surface area contributed by atoms with Crippen LogP contribution in [0.3, 0.4) is 0 Å². The number of nitrogens with zero attached hydrogens (tertiary/aromatic N) is 4. The molecule has 37 heavy (non-hydrogen) atoms. The van der Waals surface area contributed by atoms with Gasteiger partial charge in [-0.2, -0.15) is 25.9 Å². The molecule has 0 saturated heterocycles. The van der Waals surface area contributed by atoms with E-state index in [1.165, 1.54) is 38.0 Å². The molecule has 3 heterocycles. The first-order valence-corrected chi connectivity index (χ1v) is 11.8. The molecule has 2 N–H and O–H groups in total. The number of aromatic amines is 1. The lowest BCUT2D eigenvalue weighted by Gasteiger charge is -2.20. The fourth-order valence-corrected chi connectivity index (χ4v) is 4.31. The molecule has 15 heteroatoms. The molecule has 0 aliphatic rings. The van der Waals surface area contributed by atoms with Crippen LogP contribution in [-0.4, -0.2) is 65.3 Å². The van der Waals surface area contributed by atoms with Crippen molar-refractivity contribution >= 4 is 32.7 Å². The molecule has 0 aliphatic heterocycles. The highest BCUT2D eigenvalue weighted by molar-refractivity contribution is 7.90. The quantitative estimate of drug-likeness (QED) is 0.259. The average molecular weight is 538 g/mol. The summed E-state index contributed by atoms with van der Waals surface area (Å²) >= 11 is 0. The van der Waals surface area contributed by atoms with E-state index < -0.39 is 45.8 Å². The first-order valence-electron chi connectivity index (χ1n) is 10.4. The second-order valence-corrected chi connectivity index (χ2v) is 9.53. The van der Waals surface area contributed by atoms with Crippen molar-refractivity contribution in [3.05, 3.63) is 66.0 Å². The molecular formula is C22H18F4N6O4S. The van der Waals surface area contributed by atoms with Crippen molar-refractivity contribution in [1.82, 2.24) is 24.2 Å². The number of H-pyrrole nitrogens is 1. The Kier molecular flexibility index (Phi) is 6.84. The molecule has 0 atom stereocenters. The van der Waals surface area contributed by atoms with Gasteiger partial charge in [0.15, 0.2) is 11.6 Å². The maximum absolute atomic E-state index is 15.2. The second-order valence-electron chi connectivity index (χ2n) is 7.76. The van der Waals surface area contributed by atoms with Crippen LogP contribution in [0.2, 0.25) is 0 Å². The lowest BCUT2D eigenvalue weighted by atomic mass is 10.0. The summed E-state index contributed by atoms with van der Waals surface area (Å²) in [6, 6.07) is 5.09. The zero-order valence-corrected chi connectivity index (χ0v) is 20.0. The average Bonchev–Trinajstić information content (AvgIpc) is 3.27. The van der Waals surface area contributed by atoms with E-state index in [9.17, 15) is 26.4 Å². The van der Waals surface area contributed by atoms with Crippen LogP contribution < -0.4 is 9.46 Å². The SMILES string of the molecule is COc1ncc(-c2cnc3[nH]cc(C(=O)c4cccc(NS(=O)(=O)N(C)CC(F)(F)F)c4F)c3c2)cn1. The second kappa shape index (κ2) is 9.74. The highest BCUT2D eigenvalue weighted by Crippen LogP contribution is 2.28. The number of benzene rings is 1. The van der Waals surface area contributed by atoms with E-state index in [2.05, 4.69) is 19.9 Å². The van der Waals surface area contributed by atoms with Gasteiger partial charge in [0.1, 0.15) is 12.2 Å². The van der Waals surface area contributed by atoms with E-state index in [1.807, 2.05) is 0 Å². The van der Waals surface area contributed by atoms with Crippen molar-refractivity contribution in [2.75, 3.05) is 25.4 Å². The van der Waals surface area contributed by atoms with Gasteiger partial charge in [0.05, 0.1) is 18.4 Å². The molecule has 0 radical (unpaired) electrons. The van der Waals surface area contributed by atoms with Crippen molar-refractivity contribution in [3.63, 3.8) is 0 Å². The molecule has 10 nitrogen and oxygen atoms in total. The predicted octanol–water partition coefficient (Wildman–Crippen LogP) is 3.55. The Morgan fingerprint density at radius 1 is 1.11 bits per heavy atom. The molecule has 0 amide bonds. The molecule has 0 fully saturated rings. The number of pyridine rings is 1. The number of ether oxygens (including phenoxy) is 1. The first-order chi connectivity index (χ1) is 17.4. The molecule has 0 unspecified atom stereocenters. The van der Waals surface area contributed by atoms with Crippen molar-refractivity contribution in [2.45, 2.75) is 6.18 Å². The van der Waals surface area contributed by atoms with Gasteiger partial charge in [-0.1, -0.05) is 6.07 Å². The fraction of sp³-hybridized carbons (Fsp3) is 0.182. The molecule has 194 valence electrons. The number of fused-ring (bicyclic) bond motifs is 1. The van der Waals surface area contributed by atoms with Crippen LogP contribution in [-0.2, 0) is 10.2 Å². The van der Waals surface area contributed by atoms with E-state index in [1.54, 1.807) is 10.8 Å². The van der Waals surface area contributed by atoms with Crippen LogP contribution in [0.15, 0.2) is 49.1 Å². The molecule has 4 aromatic rings. The van der Waals surface area contributed by atoms with Crippen molar-refractivity contribution in [2.24, 2.45) is 0 Å². The van der Waals surface area contributed by atoms with Crippen molar-refractivity contribution < 1.29 is 35.5 Å². The number of rotatable bonds is 8. The summed E-state index contributed by atoms with van der Waals surface area (Å²) in [7, 11) is -2.66. The van der Waals surface area contributed by atoms with Crippen LogP contribution in [0.5, 0.6) is 6.01 Å². The fourth-order valence-electron chi connectivity index (χ4n) is 3.41. The van der Waals surface area contributed by atoms with Gasteiger partial charge < -0.3 is 9.72 Å². The van der Waals surface area contributed by atoms with Gasteiger partial charge in [-0.15, -0.1) is 0 Å². The Hall–Kier alpha value is -4.11. The number of hydrogen-bond donors (Lipinski definition) is 2. The number of alkyl halides is 3. The maximum atomic E-state index is 15.2. The summed E-state index contributed by atoms with van der Waals surface area (Å²) in [4.78, 5) is 28.4.